The van der Waals surface area contributed by atoms with Gasteiger partial charge in [-0.2, -0.15) is 0 Å². The summed E-state index contributed by atoms with van der Waals surface area (Å²) in [6.07, 6.45) is 2.73. The van der Waals surface area contributed by atoms with E-state index in [1.165, 1.54) is 0 Å². The third-order valence-corrected chi connectivity index (χ3v) is 5.41. The number of rotatable bonds is 6. The van der Waals surface area contributed by atoms with Gasteiger partial charge in [0.25, 0.3) is 0 Å². The molecule has 0 aliphatic heterocycles. The maximum atomic E-state index is 12.3. The zero-order valence-electron chi connectivity index (χ0n) is 11.6. The Morgan fingerprint density at radius 1 is 1.37 bits per heavy atom. The van der Waals surface area contributed by atoms with Crippen LogP contribution in [0.3, 0.4) is 0 Å². The molecule has 4 heteroatoms. The summed E-state index contributed by atoms with van der Waals surface area (Å²) < 4.78 is 12.3. The van der Waals surface area contributed by atoms with Crippen LogP contribution in [-0.4, -0.2) is 16.0 Å². The Labute approximate surface area is 114 Å². The van der Waals surface area contributed by atoms with Crippen molar-refractivity contribution in [3.8, 4) is 0 Å². The van der Waals surface area contributed by atoms with Gasteiger partial charge in [0, 0.05) is 17.4 Å². The molecule has 2 atom stereocenters. The average molecular weight is 279 g/mol. The van der Waals surface area contributed by atoms with Gasteiger partial charge in [-0.3, -0.25) is 4.57 Å². The molecule has 1 aromatic heterocycles. The van der Waals surface area contributed by atoms with E-state index in [0.29, 0.717) is 12.1 Å². The molecule has 1 heterocycles. The Bertz CT molecular complexity index is 558. The van der Waals surface area contributed by atoms with Gasteiger partial charge in [0.2, 0.25) is 7.37 Å². The van der Waals surface area contributed by atoms with Crippen molar-refractivity contribution in [2.45, 2.75) is 32.9 Å². The Kier molecular flexibility index (Phi) is 4.49. The molecule has 0 fully saturated rings. The summed E-state index contributed by atoms with van der Waals surface area (Å²) in [5.74, 6) is 0.310. The Hall–Kier alpha value is -1.05. The van der Waals surface area contributed by atoms with E-state index in [2.05, 4.69) is 18.8 Å². The van der Waals surface area contributed by atoms with Gasteiger partial charge < -0.3 is 9.88 Å². The quantitative estimate of drug-likeness (QED) is 0.771. The molecule has 2 N–H and O–H groups in total. The van der Waals surface area contributed by atoms with Gasteiger partial charge in [-0.1, -0.05) is 44.9 Å². The van der Waals surface area contributed by atoms with Crippen molar-refractivity contribution in [3.05, 3.63) is 36.0 Å². The summed E-state index contributed by atoms with van der Waals surface area (Å²) in [6, 6.07) is 9.91. The zero-order valence-corrected chi connectivity index (χ0v) is 12.5. The number of hydrogen-bond acceptors (Lipinski definition) is 1. The van der Waals surface area contributed by atoms with Crippen LogP contribution in [0.2, 0.25) is 0 Å². The van der Waals surface area contributed by atoms with Gasteiger partial charge in [-0.05, 0) is 23.4 Å². The molecule has 0 amide bonds. The summed E-state index contributed by atoms with van der Waals surface area (Å²) >= 11 is 0. The maximum Gasteiger partial charge on any atom is 0.206 e. The molecule has 0 saturated heterocycles. The second-order valence-electron chi connectivity index (χ2n) is 5.46. The second-order valence-corrected chi connectivity index (χ2v) is 7.84. The SMILES string of the molecule is CCCC(C)CP(=O)(O)Cc1cc2ccccc2[nH]1. The first-order valence-corrected chi connectivity index (χ1v) is 8.90. The molecule has 3 nitrogen and oxygen atoms in total. The minimum atomic E-state index is -3.09. The topological polar surface area (TPSA) is 53.1 Å². The molecule has 2 rings (SSSR count). The minimum absolute atomic E-state index is 0.246. The first kappa shape index (κ1) is 14.4. The molecule has 0 bridgehead atoms. The van der Waals surface area contributed by atoms with Crippen molar-refractivity contribution >= 4 is 18.3 Å². The molecule has 0 radical (unpaired) electrons. The number of para-hydroxylation sites is 1. The molecule has 0 aliphatic rings. The first-order valence-electron chi connectivity index (χ1n) is 6.87. The summed E-state index contributed by atoms with van der Waals surface area (Å²) in [5, 5.41) is 1.10. The third-order valence-electron chi connectivity index (χ3n) is 3.38. The molecule has 2 unspecified atom stereocenters. The molecule has 19 heavy (non-hydrogen) atoms. The van der Waals surface area contributed by atoms with Crippen molar-refractivity contribution in [3.63, 3.8) is 0 Å². The molecular weight excluding hydrogens is 257 g/mol. The predicted molar refractivity (Wildman–Crippen MR) is 80.8 cm³/mol. The number of hydrogen-bond donors (Lipinski definition) is 2. The minimum Gasteiger partial charge on any atom is -0.358 e. The summed E-state index contributed by atoms with van der Waals surface area (Å²) in [4.78, 5) is 13.4. The number of nitrogens with one attached hydrogen (secondary N) is 1. The average Bonchev–Trinajstić information content (AvgIpc) is 2.69. The van der Waals surface area contributed by atoms with Crippen LogP contribution in [0.25, 0.3) is 10.9 Å². The Morgan fingerprint density at radius 2 is 2.11 bits per heavy atom. The highest BCUT2D eigenvalue weighted by Crippen LogP contribution is 2.46. The van der Waals surface area contributed by atoms with Crippen LogP contribution in [-0.2, 0) is 10.7 Å². The van der Waals surface area contributed by atoms with Gasteiger partial charge in [-0.25, -0.2) is 0 Å². The second kappa shape index (κ2) is 5.94. The van der Waals surface area contributed by atoms with Crippen LogP contribution >= 0.6 is 7.37 Å². The molecule has 2 aromatic rings. The summed E-state index contributed by atoms with van der Waals surface area (Å²) in [7, 11) is -3.09. The number of benzene rings is 1. The summed E-state index contributed by atoms with van der Waals surface area (Å²) in [6.45, 7) is 4.16. The zero-order chi connectivity index (χ0) is 13.9. The maximum absolute atomic E-state index is 12.3. The number of fused-ring (bicyclic) bond motifs is 1. The lowest BCUT2D eigenvalue weighted by Crippen LogP contribution is -2.04. The standard InChI is InChI=1S/C15H22NO2P/c1-3-6-12(2)10-19(17,18)11-14-9-13-7-4-5-8-15(13)16-14/h4-5,7-9,12,16H,3,6,10-11H2,1-2H3,(H,17,18). The Balaban J connectivity index is 2.08. The van der Waals surface area contributed by atoms with Crippen LogP contribution < -0.4 is 0 Å². The fraction of sp³-hybridized carbons (Fsp3) is 0.467. The van der Waals surface area contributed by atoms with Crippen LogP contribution in [0.4, 0.5) is 0 Å². The lowest BCUT2D eigenvalue weighted by molar-refractivity contribution is 0.456. The normalized spacial score (nSPS) is 16.4. The lowest BCUT2D eigenvalue weighted by atomic mass is 10.1. The van der Waals surface area contributed by atoms with E-state index < -0.39 is 7.37 Å². The number of aromatic nitrogens is 1. The molecule has 1 aromatic carbocycles. The van der Waals surface area contributed by atoms with Gasteiger partial charge in [0.05, 0.1) is 6.16 Å². The fourth-order valence-electron chi connectivity index (χ4n) is 2.62. The van der Waals surface area contributed by atoms with Crippen LogP contribution in [0.15, 0.2) is 30.3 Å². The van der Waals surface area contributed by atoms with Crippen LogP contribution in [0.5, 0.6) is 0 Å². The highest BCUT2D eigenvalue weighted by atomic mass is 31.2. The van der Waals surface area contributed by atoms with Crippen molar-refractivity contribution in [1.29, 1.82) is 0 Å². The molecule has 0 aliphatic carbocycles. The monoisotopic (exact) mass is 279 g/mol. The Morgan fingerprint density at radius 3 is 2.79 bits per heavy atom. The van der Waals surface area contributed by atoms with E-state index in [0.717, 1.165) is 29.4 Å². The third kappa shape index (κ3) is 3.95. The molecule has 0 saturated carbocycles. The number of H-pyrrole nitrogens is 1. The number of aromatic amines is 1. The van der Waals surface area contributed by atoms with E-state index in [9.17, 15) is 9.46 Å². The van der Waals surface area contributed by atoms with Gasteiger partial charge >= 0.3 is 0 Å². The van der Waals surface area contributed by atoms with Crippen molar-refractivity contribution in [2.24, 2.45) is 5.92 Å². The first-order chi connectivity index (χ1) is 9.00. The van der Waals surface area contributed by atoms with Gasteiger partial charge in [-0.15, -0.1) is 0 Å². The smallest absolute Gasteiger partial charge is 0.206 e. The predicted octanol–water partition coefficient (Wildman–Crippen LogP) is 4.37. The highest BCUT2D eigenvalue weighted by Gasteiger charge is 2.22. The van der Waals surface area contributed by atoms with E-state index in [1.54, 1.807) is 0 Å². The van der Waals surface area contributed by atoms with Crippen molar-refractivity contribution < 1.29 is 9.46 Å². The summed E-state index contributed by atoms with van der Waals surface area (Å²) in [5.41, 5.74) is 1.88. The van der Waals surface area contributed by atoms with Crippen LogP contribution in [0.1, 0.15) is 32.4 Å². The van der Waals surface area contributed by atoms with E-state index in [1.807, 2.05) is 30.3 Å². The molecule has 104 valence electrons. The van der Waals surface area contributed by atoms with Gasteiger partial charge in [0.15, 0.2) is 0 Å². The highest BCUT2D eigenvalue weighted by molar-refractivity contribution is 7.57. The van der Waals surface area contributed by atoms with E-state index in [-0.39, 0.29) is 6.16 Å². The van der Waals surface area contributed by atoms with E-state index in [4.69, 9.17) is 0 Å². The van der Waals surface area contributed by atoms with E-state index >= 15 is 0 Å². The molecular formula is C15H22NO2P. The van der Waals surface area contributed by atoms with Crippen molar-refractivity contribution in [1.82, 2.24) is 4.98 Å². The largest absolute Gasteiger partial charge is 0.358 e. The fourth-order valence-corrected chi connectivity index (χ4v) is 4.61. The lowest BCUT2D eigenvalue weighted by Gasteiger charge is -2.15. The van der Waals surface area contributed by atoms with Gasteiger partial charge in [0.1, 0.15) is 0 Å². The van der Waals surface area contributed by atoms with Crippen molar-refractivity contribution in [2.75, 3.05) is 6.16 Å². The van der Waals surface area contributed by atoms with Crippen LogP contribution in [0, 0.1) is 5.92 Å². The molecule has 0 spiro atoms.